The Balaban J connectivity index is 1.12. The molecule has 11 aromatic carbocycles. The minimum absolute atomic E-state index is 0.654. The molecule has 0 bridgehead atoms. The number of furan rings is 1. The number of hydrogen-bond donors (Lipinski definition) is 0. The smallest absolute Gasteiger partial charge is 0.137 e. The maximum Gasteiger partial charge on any atom is 0.137 e. The molecule has 0 amide bonds. The molecule has 1 heterocycles. The van der Waals surface area contributed by atoms with Gasteiger partial charge in [-0.15, -0.1) is 0 Å². The van der Waals surface area contributed by atoms with Crippen molar-refractivity contribution in [2.45, 2.75) is 5.41 Å². The maximum atomic E-state index is 6.59. The van der Waals surface area contributed by atoms with E-state index in [0.29, 0.717) is 0 Å². The lowest BCUT2D eigenvalue weighted by molar-refractivity contribution is 0.669. The first-order valence-corrected chi connectivity index (χ1v) is 22.5. The minimum Gasteiger partial charge on any atom is -0.456 e. The van der Waals surface area contributed by atoms with Crippen molar-refractivity contribution in [3.8, 4) is 44.5 Å². The Bertz CT molecular complexity index is 3910. The summed E-state index contributed by atoms with van der Waals surface area (Å²) in [7, 11) is 0. The fourth-order valence-corrected chi connectivity index (χ4v) is 11.7. The lowest BCUT2D eigenvalue weighted by atomic mass is 9.64. The second-order valence-corrected chi connectivity index (χ2v) is 17.5. The third-order valence-electron chi connectivity index (χ3n) is 14.3. The van der Waals surface area contributed by atoms with E-state index in [4.69, 9.17) is 4.42 Å². The fourth-order valence-electron chi connectivity index (χ4n) is 11.7. The molecule has 2 nitrogen and oxygen atoms in total. The summed E-state index contributed by atoms with van der Waals surface area (Å²) in [5.74, 6) is 0. The standard InChI is InChI=1S/C63H39NO/c1-2-18-40(19-3-1)43-20-12-16-32-58(43)64(42-34-36-50-49-26-13-17-33-59(49)65-60(50)39-42)41-35-37-57-54(38-41)47-24-5-4-21-44(47)48-25-10-14-30-55(48)63(57)56-31-15-11-29-53(56)61-51-27-8-6-22-45(51)46-23-7-9-28-52(46)62(61)63/h1-39H. The van der Waals surface area contributed by atoms with Crippen LogP contribution in [0.1, 0.15) is 22.3 Å². The highest BCUT2D eigenvalue weighted by Crippen LogP contribution is 2.64. The molecule has 65 heavy (non-hydrogen) atoms. The van der Waals surface area contributed by atoms with Crippen LogP contribution in [0.3, 0.4) is 0 Å². The maximum absolute atomic E-state index is 6.59. The molecular formula is C63H39NO. The molecular weight excluding hydrogens is 787 g/mol. The van der Waals surface area contributed by atoms with E-state index in [9.17, 15) is 0 Å². The van der Waals surface area contributed by atoms with Gasteiger partial charge in [-0.05, 0) is 119 Å². The van der Waals surface area contributed by atoms with Gasteiger partial charge in [0.2, 0.25) is 0 Å². The Morgan fingerprint density at radius 3 is 1.60 bits per heavy atom. The molecule has 1 atom stereocenters. The highest BCUT2D eigenvalue weighted by molar-refractivity contribution is 6.20. The summed E-state index contributed by atoms with van der Waals surface area (Å²) in [6.07, 6.45) is 0. The molecule has 0 N–H and O–H groups in total. The molecule has 2 aliphatic carbocycles. The van der Waals surface area contributed by atoms with Gasteiger partial charge in [-0.1, -0.05) is 194 Å². The number of fused-ring (bicyclic) bond motifs is 20. The van der Waals surface area contributed by atoms with E-state index >= 15 is 0 Å². The van der Waals surface area contributed by atoms with Crippen molar-refractivity contribution in [3.05, 3.63) is 259 Å². The van der Waals surface area contributed by atoms with Crippen molar-refractivity contribution in [2.75, 3.05) is 4.90 Å². The van der Waals surface area contributed by atoms with Crippen LogP contribution < -0.4 is 4.90 Å². The van der Waals surface area contributed by atoms with Crippen molar-refractivity contribution in [1.82, 2.24) is 0 Å². The van der Waals surface area contributed by atoms with Crippen LogP contribution in [-0.2, 0) is 5.41 Å². The van der Waals surface area contributed by atoms with Crippen LogP contribution in [0.25, 0.3) is 88.0 Å². The molecule has 302 valence electrons. The van der Waals surface area contributed by atoms with E-state index in [1.165, 1.54) is 77.2 Å². The van der Waals surface area contributed by atoms with E-state index in [1.54, 1.807) is 0 Å². The number of hydrogen-bond acceptors (Lipinski definition) is 2. The second-order valence-electron chi connectivity index (χ2n) is 17.5. The summed E-state index contributed by atoms with van der Waals surface area (Å²) in [5, 5.41) is 7.35. The first-order valence-electron chi connectivity index (χ1n) is 22.5. The molecule has 0 aliphatic heterocycles. The molecule has 0 saturated heterocycles. The van der Waals surface area contributed by atoms with Gasteiger partial charge in [-0.3, -0.25) is 0 Å². The lowest BCUT2D eigenvalue weighted by Gasteiger charge is -2.37. The number of rotatable bonds is 4. The monoisotopic (exact) mass is 825 g/mol. The average molecular weight is 826 g/mol. The third kappa shape index (κ3) is 4.99. The highest BCUT2D eigenvalue weighted by Gasteiger charge is 2.51. The number of nitrogens with zero attached hydrogens (tertiary/aromatic N) is 1. The van der Waals surface area contributed by atoms with Gasteiger partial charge < -0.3 is 9.32 Å². The molecule has 0 radical (unpaired) electrons. The molecule has 0 saturated carbocycles. The minimum atomic E-state index is -0.654. The van der Waals surface area contributed by atoms with Gasteiger partial charge in [0.15, 0.2) is 0 Å². The van der Waals surface area contributed by atoms with Crippen LogP contribution in [-0.4, -0.2) is 0 Å². The van der Waals surface area contributed by atoms with Crippen LogP contribution in [0.5, 0.6) is 0 Å². The zero-order valence-corrected chi connectivity index (χ0v) is 35.4. The third-order valence-corrected chi connectivity index (χ3v) is 14.3. The van der Waals surface area contributed by atoms with Gasteiger partial charge in [0.05, 0.1) is 11.1 Å². The van der Waals surface area contributed by atoms with E-state index in [1.807, 2.05) is 6.07 Å². The predicted molar refractivity (Wildman–Crippen MR) is 271 cm³/mol. The van der Waals surface area contributed by atoms with Crippen molar-refractivity contribution in [3.63, 3.8) is 0 Å². The van der Waals surface area contributed by atoms with Crippen LogP contribution >= 0.6 is 0 Å². The van der Waals surface area contributed by atoms with Gasteiger partial charge in [0, 0.05) is 33.8 Å². The summed E-state index contributed by atoms with van der Waals surface area (Å²) in [5.41, 5.74) is 19.3. The van der Waals surface area contributed by atoms with E-state index in [-0.39, 0.29) is 0 Å². The van der Waals surface area contributed by atoms with Gasteiger partial charge in [0.1, 0.15) is 11.2 Å². The Labute approximate surface area is 376 Å². The summed E-state index contributed by atoms with van der Waals surface area (Å²) >= 11 is 0. The molecule has 2 aliphatic rings. The summed E-state index contributed by atoms with van der Waals surface area (Å²) in [6.45, 7) is 0. The molecule has 1 unspecified atom stereocenters. The largest absolute Gasteiger partial charge is 0.456 e. The SMILES string of the molecule is c1ccc(-c2ccccc2N(c2ccc3c(c2)-c2ccccc2-c2ccccc2C32c3ccccc3-c3c2c2ccccc2c2ccccc32)c2ccc3c(c2)oc2ccccc23)cc1. The van der Waals surface area contributed by atoms with Crippen molar-refractivity contribution >= 4 is 60.5 Å². The van der Waals surface area contributed by atoms with Crippen LogP contribution in [0.2, 0.25) is 0 Å². The number of para-hydroxylation sites is 2. The van der Waals surface area contributed by atoms with E-state index in [0.717, 1.165) is 50.1 Å². The molecule has 1 aromatic heterocycles. The molecule has 2 heteroatoms. The highest BCUT2D eigenvalue weighted by atomic mass is 16.3. The van der Waals surface area contributed by atoms with Gasteiger partial charge in [0.25, 0.3) is 0 Å². The molecule has 14 rings (SSSR count). The van der Waals surface area contributed by atoms with Gasteiger partial charge >= 0.3 is 0 Å². The lowest BCUT2D eigenvalue weighted by Crippen LogP contribution is -2.29. The Morgan fingerprint density at radius 1 is 0.308 bits per heavy atom. The topological polar surface area (TPSA) is 16.4 Å². The van der Waals surface area contributed by atoms with E-state index in [2.05, 4.69) is 235 Å². The number of benzene rings is 11. The Hall–Kier alpha value is -8.46. The first-order chi connectivity index (χ1) is 32.3. The van der Waals surface area contributed by atoms with Crippen molar-refractivity contribution < 1.29 is 4.42 Å². The molecule has 1 spiro atoms. The zero-order valence-electron chi connectivity index (χ0n) is 35.4. The van der Waals surface area contributed by atoms with Gasteiger partial charge in [-0.25, -0.2) is 0 Å². The molecule has 12 aromatic rings. The summed E-state index contributed by atoms with van der Waals surface area (Å²) in [6, 6.07) is 87.4. The van der Waals surface area contributed by atoms with Crippen LogP contribution in [0, 0.1) is 0 Å². The normalized spacial score (nSPS) is 14.5. The quantitative estimate of drug-likeness (QED) is 0.164. The fraction of sp³-hybridized carbons (Fsp3) is 0.0159. The Kier molecular flexibility index (Phi) is 7.64. The second kappa shape index (κ2) is 13.8. The first kappa shape index (κ1) is 36.1. The number of anilines is 3. The summed E-state index contributed by atoms with van der Waals surface area (Å²) < 4.78 is 6.59. The zero-order chi connectivity index (χ0) is 42.6. The van der Waals surface area contributed by atoms with Crippen molar-refractivity contribution in [1.29, 1.82) is 0 Å². The summed E-state index contributed by atoms with van der Waals surface area (Å²) in [4.78, 5) is 2.43. The van der Waals surface area contributed by atoms with Crippen molar-refractivity contribution in [2.24, 2.45) is 0 Å². The Morgan fingerprint density at radius 2 is 0.815 bits per heavy atom. The molecule has 0 fully saturated rings. The van der Waals surface area contributed by atoms with Crippen LogP contribution in [0.4, 0.5) is 17.1 Å². The van der Waals surface area contributed by atoms with Crippen LogP contribution in [0.15, 0.2) is 241 Å². The van der Waals surface area contributed by atoms with Gasteiger partial charge in [-0.2, -0.15) is 0 Å². The van der Waals surface area contributed by atoms with E-state index < -0.39 is 5.41 Å². The predicted octanol–water partition coefficient (Wildman–Crippen LogP) is 17.0. The average Bonchev–Trinajstić information content (AvgIpc) is 3.88.